The average molecular weight is 39.8 g/mol. The van der Waals surface area contributed by atoms with E-state index in [-0.39, 0.29) is 0 Å². The van der Waals surface area contributed by atoms with Crippen molar-refractivity contribution in [3.8, 4) is 0 Å². The van der Waals surface area contributed by atoms with Gasteiger partial charge in [0.25, 0.3) is 0 Å². The van der Waals surface area contributed by atoms with Gasteiger partial charge in [-0.2, -0.15) is 0 Å². The third-order valence-electron chi connectivity index (χ3n) is 0. The quantitative estimate of drug-likeness (QED) is 0.294. The molecule has 4 heteroatoms. The zero-order valence-electron chi connectivity index (χ0n) is 4.50. The normalized spacial score (nSPS) is 12.8. The number of hydrogen-bond acceptors (Lipinski definition) is 0. The molecule has 0 radical (unpaired) electrons. The fourth-order valence-corrected chi connectivity index (χ4v) is 0. The molecule has 0 bridgehead atoms. The summed E-state index contributed by atoms with van der Waals surface area (Å²) in [6, 6.07) is 0. The molecule has 0 aliphatic heterocycles. The van der Waals surface area contributed by atoms with Gasteiger partial charge in [-0.25, -0.2) is 0 Å². The van der Waals surface area contributed by atoms with Gasteiger partial charge in [0.05, 0.1) is 0 Å². The van der Waals surface area contributed by atoms with E-state index in [0.717, 1.165) is 0 Å². The van der Waals surface area contributed by atoms with E-state index < -0.39 is 0 Å². The van der Waals surface area contributed by atoms with Crippen LogP contribution in [-0.4, -0.2) is 70.9 Å². The van der Waals surface area contributed by atoms with E-state index in [1.165, 1.54) is 0 Å². The molecule has 0 aromatic rings. The summed E-state index contributed by atoms with van der Waals surface area (Å²) in [6.45, 7) is 0. The average Bonchev–Trinajstić information content (AvgIpc) is 0.722. The SMILES string of the molecule is [Li][C]([Li])([Li])[Li]. The molecular formula is CLi4. The Kier molecular flexibility index (Phi) is 3.90. The predicted molar refractivity (Wildman–Crippen MR) is 25.7 cm³/mol. The van der Waals surface area contributed by atoms with Gasteiger partial charge in [0.1, 0.15) is 0 Å². The minimum atomic E-state index is 0.500. The standard InChI is InChI=1S/C.4Li. The fraction of sp³-hybridized carbons (Fsp3) is 1.00. The molecule has 0 saturated carbocycles. The zero-order chi connectivity index (χ0) is 4.50. The van der Waals surface area contributed by atoms with Crippen LogP contribution in [0.3, 0.4) is 0 Å². The first-order valence-electron chi connectivity index (χ1n) is 2.00. The summed E-state index contributed by atoms with van der Waals surface area (Å²) in [7, 11) is 0. The Morgan fingerprint density at radius 1 is 0.800 bits per heavy atom. The van der Waals surface area contributed by atoms with Gasteiger partial charge >= 0.3 is 71.0 Å². The van der Waals surface area contributed by atoms with Crippen molar-refractivity contribution in [2.45, 2.75) is 0.107 Å². The number of hydrogen-bond donors (Lipinski definition) is 0. The Bertz CT molecular complexity index is 19.1. The molecule has 0 nitrogen and oxygen atoms in total. The van der Waals surface area contributed by atoms with Crippen LogP contribution in [0.25, 0.3) is 0 Å². The van der Waals surface area contributed by atoms with E-state index in [2.05, 4.69) is 70.9 Å². The summed E-state index contributed by atoms with van der Waals surface area (Å²) in [5, 5.41) is 0. The summed E-state index contributed by atoms with van der Waals surface area (Å²) in [5.74, 6) is 0. The van der Waals surface area contributed by atoms with E-state index in [0.29, 0.717) is 0.107 Å². The summed E-state index contributed by atoms with van der Waals surface area (Å²) < 4.78 is 0.500. The van der Waals surface area contributed by atoms with E-state index in [1.807, 2.05) is 0 Å². The predicted octanol–water partition coefficient (Wildman–Crippen LogP) is -1.31. The van der Waals surface area contributed by atoms with Crippen molar-refractivity contribution in [3.63, 3.8) is 0 Å². The second-order valence-electron chi connectivity index (χ2n) is 3.00. The molecule has 0 amide bonds. The Balaban J connectivity index is 3.02. The van der Waals surface area contributed by atoms with Crippen LogP contribution in [-0.2, 0) is 0 Å². The van der Waals surface area contributed by atoms with Gasteiger partial charge in [-0.1, -0.05) is 0 Å². The Labute approximate surface area is 70.0 Å². The molecule has 0 atom stereocenters. The molecule has 0 N–H and O–H groups in total. The van der Waals surface area contributed by atoms with Crippen LogP contribution >= 0.6 is 0 Å². The van der Waals surface area contributed by atoms with Crippen molar-refractivity contribution in [1.29, 1.82) is 0 Å². The molecule has 0 fully saturated rings. The van der Waals surface area contributed by atoms with E-state index in [9.17, 15) is 0 Å². The Morgan fingerprint density at radius 2 is 0.800 bits per heavy atom. The first kappa shape index (κ1) is 7.39. The molecule has 5 heavy (non-hydrogen) atoms. The fourth-order valence-electron chi connectivity index (χ4n) is 0. The van der Waals surface area contributed by atoms with Crippen LogP contribution in [0, 0.1) is 0 Å². The molecule has 0 spiro atoms. The maximum absolute atomic E-state index is 2.19. The molecule has 0 aromatic carbocycles. The van der Waals surface area contributed by atoms with Crippen LogP contribution < -0.4 is 0 Å². The van der Waals surface area contributed by atoms with Crippen LogP contribution in [0.4, 0.5) is 0 Å². The molecule has 0 saturated heterocycles. The second-order valence-corrected chi connectivity index (χ2v) is 3.00. The van der Waals surface area contributed by atoms with Gasteiger partial charge in [-0.3, -0.25) is 0 Å². The van der Waals surface area contributed by atoms with E-state index >= 15 is 0 Å². The van der Waals surface area contributed by atoms with Crippen molar-refractivity contribution in [3.05, 3.63) is 0 Å². The molecule has 0 aliphatic carbocycles. The van der Waals surface area contributed by atoms with Crippen molar-refractivity contribution in [2.75, 3.05) is 0 Å². The summed E-state index contributed by atoms with van der Waals surface area (Å²) in [6.07, 6.45) is 0. The van der Waals surface area contributed by atoms with Crippen molar-refractivity contribution >= 4 is 70.9 Å². The molecule has 0 aromatic heterocycles. The monoisotopic (exact) mass is 40.1 g/mol. The van der Waals surface area contributed by atoms with E-state index in [1.54, 1.807) is 0 Å². The van der Waals surface area contributed by atoms with Crippen LogP contribution in [0.5, 0.6) is 0 Å². The summed E-state index contributed by atoms with van der Waals surface area (Å²) in [4.78, 5) is 0. The van der Waals surface area contributed by atoms with Crippen molar-refractivity contribution in [1.82, 2.24) is 0 Å². The van der Waals surface area contributed by atoms with Gasteiger partial charge < -0.3 is 0 Å². The van der Waals surface area contributed by atoms with E-state index in [4.69, 9.17) is 0 Å². The van der Waals surface area contributed by atoms with Crippen LogP contribution in [0.2, 0.25) is 0.107 Å². The molecule has 0 unspecified atom stereocenters. The number of rotatable bonds is 0. The van der Waals surface area contributed by atoms with Gasteiger partial charge in [0, 0.05) is 0 Å². The van der Waals surface area contributed by atoms with Crippen molar-refractivity contribution < 1.29 is 0 Å². The van der Waals surface area contributed by atoms with Crippen molar-refractivity contribution in [2.24, 2.45) is 0 Å². The van der Waals surface area contributed by atoms with Crippen LogP contribution in [0.15, 0.2) is 0 Å². The van der Waals surface area contributed by atoms with Gasteiger partial charge in [0.15, 0.2) is 0 Å². The molecular weight excluding hydrogens is 39.8 g/mol. The first-order valence-corrected chi connectivity index (χ1v) is 2.00. The third-order valence-corrected chi connectivity index (χ3v) is 0. The van der Waals surface area contributed by atoms with Gasteiger partial charge in [0.2, 0.25) is 0 Å². The van der Waals surface area contributed by atoms with Gasteiger partial charge in [-0.15, -0.1) is 0 Å². The maximum atomic E-state index is 2.19. The van der Waals surface area contributed by atoms with Crippen LogP contribution in [0.1, 0.15) is 0 Å². The second kappa shape index (κ2) is 2.64. The first-order chi connectivity index (χ1) is 2.00. The Hall–Kier alpha value is 2.39. The minimum absolute atomic E-state index is 0.500. The molecule has 0 heterocycles. The Morgan fingerprint density at radius 3 is 0.800 bits per heavy atom. The topological polar surface area (TPSA) is 0 Å². The molecule has 0 aliphatic rings. The zero-order valence-corrected chi connectivity index (χ0v) is 4.50. The summed E-state index contributed by atoms with van der Waals surface area (Å²) in [5.41, 5.74) is 0. The molecule has 0 rings (SSSR count). The summed E-state index contributed by atoms with van der Waals surface area (Å²) >= 11 is 8.75. The molecule has 8 valence electrons. The third kappa shape index (κ3) is 21.6. The van der Waals surface area contributed by atoms with Gasteiger partial charge in [-0.05, 0) is 0 Å².